The lowest BCUT2D eigenvalue weighted by molar-refractivity contribution is -0.131. The van der Waals surface area contributed by atoms with Gasteiger partial charge in [0.1, 0.15) is 11.2 Å². The molecule has 0 unspecified atom stereocenters. The zero-order chi connectivity index (χ0) is 18.0. The number of nitrogens with two attached hydrogens (primary N) is 1. The molecule has 9 heteroatoms. The number of nitrogen functional groups attached to an aromatic ring is 1. The number of imide groups is 1. The van der Waals surface area contributed by atoms with E-state index in [1.165, 1.54) is 11.0 Å². The molecule has 1 saturated carbocycles. The molecule has 4 amide bonds. The van der Waals surface area contributed by atoms with E-state index in [4.69, 9.17) is 5.73 Å². The summed E-state index contributed by atoms with van der Waals surface area (Å²) in [5.41, 5.74) is 4.47. The summed E-state index contributed by atoms with van der Waals surface area (Å²) < 4.78 is 13.3. The number of nitrogens with one attached hydrogen (secondary N) is 2. The van der Waals surface area contributed by atoms with Crippen LogP contribution in [-0.4, -0.2) is 46.4 Å². The van der Waals surface area contributed by atoms with Gasteiger partial charge in [-0.05, 0) is 25.3 Å². The van der Waals surface area contributed by atoms with Crippen LogP contribution >= 0.6 is 0 Å². The predicted octanol–water partition coefficient (Wildman–Crippen LogP) is 0.787. The van der Waals surface area contributed by atoms with Crippen LogP contribution in [0.2, 0.25) is 0 Å². The molecule has 25 heavy (non-hydrogen) atoms. The van der Waals surface area contributed by atoms with Crippen LogP contribution < -0.4 is 16.4 Å². The van der Waals surface area contributed by atoms with Crippen LogP contribution in [0.25, 0.3) is 0 Å². The van der Waals surface area contributed by atoms with E-state index in [2.05, 4.69) is 15.6 Å². The third-order valence-corrected chi connectivity index (χ3v) is 4.73. The maximum Gasteiger partial charge on any atom is 0.325 e. The molecule has 1 aromatic heterocycles. The number of halogens is 1. The number of hydrogen-bond donors (Lipinski definition) is 3. The largest absolute Gasteiger partial charge is 0.394 e. The van der Waals surface area contributed by atoms with Crippen LogP contribution in [0, 0.1) is 5.95 Å². The molecule has 2 aliphatic rings. The van der Waals surface area contributed by atoms with E-state index in [-0.39, 0.29) is 36.3 Å². The number of hydrogen-bond acceptors (Lipinski definition) is 5. The lowest BCUT2D eigenvalue weighted by atomic mass is 9.98. The molecule has 0 atom stereocenters. The molecular formula is C16H20FN5O3. The molecule has 1 aromatic rings. The average molecular weight is 349 g/mol. The highest BCUT2D eigenvalue weighted by atomic mass is 19.1. The summed E-state index contributed by atoms with van der Waals surface area (Å²) in [4.78, 5) is 41.0. The Balaban J connectivity index is 1.50. The van der Waals surface area contributed by atoms with Gasteiger partial charge in [-0.15, -0.1) is 0 Å². The number of carbonyl (C=O) groups is 3. The second kappa shape index (κ2) is 6.66. The molecular weight excluding hydrogens is 329 g/mol. The first kappa shape index (κ1) is 17.1. The molecule has 2 fully saturated rings. The van der Waals surface area contributed by atoms with Crippen LogP contribution in [0.15, 0.2) is 12.3 Å². The maximum atomic E-state index is 13.3. The number of rotatable bonds is 5. The van der Waals surface area contributed by atoms with Gasteiger partial charge < -0.3 is 16.4 Å². The lowest BCUT2D eigenvalue weighted by Gasteiger charge is -2.20. The fourth-order valence-corrected chi connectivity index (χ4v) is 3.38. The molecule has 4 N–H and O–H groups in total. The van der Waals surface area contributed by atoms with Gasteiger partial charge in [0.2, 0.25) is 5.95 Å². The minimum atomic E-state index is -0.895. The summed E-state index contributed by atoms with van der Waals surface area (Å²) in [5.74, 6) is -1.60. The maximum absolute atomic E-state index is 13.3. The highest BCUT2D eigenvalue weighted by Gasteiger charge is 2.51. The van der Waals surface area contributed by atoms with Crippen molar-refractivity contribution in [3.05, 3.63) is 23.8 Å². The van der Waals surface area contributed by atoms with Crippen molar-refractivity contribution in [1.29, 1.82) is 0 Å². The number of pyridine rings is 1. The van der Waals surface area contributed by atoms with Gasteiger partial charge in [-0.3, -0.25) is 14.5 Å². The van der Waals surface area contributed by atoms with Gasteiger partial charge in [-0.2, -0.15) is 4.39 Å². The minimum absolute atomic E-state index is 0.00685. The average Bonchev–Trinajstić information content (AvgIpc) is 3.14. The van der Waals surface area contributed by atoms with Crippen molar-refractivity contribution in [2.75, 3.05) is 18.8 Å². The molecule has 8 nitrogen and oxygen atoms in total. The fourth-order valence-electron chi connectivity index (χ4n) is 3.38. The Morgan fingerprint density at radius 1 is 1.40 bits per heavy atom. The predicted molar refractivity (Wildman–Crippen MR) is 87.0 cm³/mol. The normalized spacial score (nSPS) is 18.7. The number of urea groups is 1. The molecule has 1 spiro atoms. The number of aromatic nitrogens is 1. The van der Waals surface area contributed by atoms with Crippen LogP contribution in [0.4, 0.5) is 14.9 Å². The number of amides is 4. The molecule has 2 heterocycles. The first-order valence-corrected chi connectivity index (χ1v) is 8.27. The summed E-state index contributed by atoms with van der Waals surface area (Å²) in [5, 5.41) is 5.40. The smallest absolute Gasteiger partial charge is 0.325 e. The summed E-state index contributed by atoms with van der Waals surface area (Å²) in [6.45, 7) is 0.444. The Kier molecular flexibility index (Phi) is 4.56. The van der Waals surface area contributed by atoms with E-state index in [0.717, 1.165) is 19.0 Å². The van der Waals surface area contributed by atoms with Gasteiger partial charge in [0.25, 0.3) is 11.8 Å². The Labute approximate surface area is 144 Å². The van der Waals surface area contributed by atoms with Crippen LogP contribution in [0.3, 0.4) is 0 Å². The molecule has 0 bridgehead atoms. The Bertz CT molecular complexity index is 718. The van der Waals surface area contributed by atoms with Crippen molar-refractivity contribution in [3.63, 3.8) is 0 Å². The van der Waals surface area contributed by atoms with Crippen LogP contribution in [0.1, 0.15) is 42.5 Å². The third kappa shape index (κ3) is 3.13. The van der Waals surface area contributed by atoms with Crippen LogP contribution in [-0.2, 0) is 4.79 Å². The van der Waals surface area contributed by atoms with Crippen LogP contribution in [0.5, 0.6) is 0 Å². The van der Waals surface area contributed by atoms with Crippen molar-refractivity contribution in [2.45, 2.75) is 37.6 Å². The first-order valence-electron chi connectivity index (χ1n) is 8.27. The van der Waals surface area contributed by atoms with E-state index < -0.39 is 17.4 Å². The van der Waals surface area contributed by atoms with Crippen molar-refractivity contribution in [1.82, 2.24) is 20.5 Å². The van der Waals surface area contributed by atoms with Crippen molar-refractivity contribution >= 4 is 23.5 Å². The second-order valence-corrected chi connectivity index (χ2v) is 6.35. The third-order valence-electron chi connectivity index (χ3n) is 4.73. The molecule has 1 aliphatic carbocycles. The highest BCUT2D eigenvalue weighted by Crippen LogP contribution is 2.34. The molecule has 1 saturated heterocycles. The molecule has 0 aromatic carbocycles. The second-order valence-electron chi connectivity index (χ2n) is 6.35. The quantitative estimate of drug-likeness (QED) is 0.413. The Morgan fingerprint density at radius 2 is 2.12 bits per heavy atom. The zero-order valence-corrected chi connectivity index (χ0v) is 13.7. The fraction of sp³-hybridized carbons (Fsp3) is 0.500. The number of carbonyl (C=O) groups excluding carboxylic acids is 3. The van der Waals surface area contributed by atoms with Gasteiger partial charge >= 0.3 is 6.03 Å². The minimum Gasteiger partial charge on any atom is -0.394 e. The number of anilines is 1. The van der Waals surface area contributed by atoms with Gasteiger partial charge in [-0.1, -0.05) is 12.8 Å². The van der Waals surface area contributed by atoms with E-state index >= 15 is 0 Å². The van der Waals surface area contributed by atoms with E-state index in [1.54, 1.807) is 0 Å². The monoisotopic (exact) mass is 349 g/mol. The number of nitrogens with zero attached hydrogens (tertiary/aromatic N) is 2. The van der Waals surface area contributed by atoms with Crippen molar-refractivity contribution in [2.24, 2.45) is 0 Å². The summed E-state index contributed by atoms with van der Waals surface area (Å²) in [6, 6.07) is 0.952. The van der Waals surface area contributed by atoms with Crippen molar-refractivity contribution in [3.8, 4) is 0 Å². The lowest BCUT2D eigenvalue weighted by Crippen LogP contribution is -2.44. The molecule has 1 aliphatic heterocycles. The van der Waals surface area contributed by atoms with Crippen molar-refractivity contribution < 1.29 is 18.8 Å². The van der Waals surface area contributed by atoms with E-state index in [0.29, 0.717) is 19.3 Å². The molecule has 3 rings (SSSR count). The summed E-state index contributed by atoms with van der Waals surface area (Å²) >= 11 is 0. The van der Waals surface area contributed by atoms with Gasteiger partial charge in [0.15, 0.2) is 0 Å². The van der Waals surface area contributed by atoms with Gasteiger partial charge in [0, 0.05) is 19.3 Å². The Morgan fingerprint density at radius 3 is 2.84 bits per heavy atom. The van der Waals surface area contributed by atoms with E-state index in [1.807, 2.05) is 0 Å². The Hall–Kier alpha value is -2.71. The molecule has 134 valence electrons. The molecule has 0 radical (unpaired) electrons. The first-order chi connectivity index (χ1) is 11.9. The zero-order valence-electron chi connectivity index (χ0n) is 13.7. The highest BCUT2D eigenvalue weighted by molar-refractivity contribution is 6.07. The topological polar surface area (TPSA) is 117 Å². The SMILES string of the molecule is Nc1c(C(=O)NCCCN2C(=O)NC3(CCCC3)C2=O)ccnc1F. The van der Waals surface area contributed by atoms with Gasteiger partial charge in [-0.25, -0.2) is 9.78 Å². The standard InChI is InChI=1S/C16H20FN5O3/c17-12-11(18)10(4-8-19-12)13(23)20-7-3-9-22-14(24)16(21-15(22)25)5-1-2-6-16/h4,8H,1-3,5-7,9,18H2,(H,20,23)(H,21,25). The summed E-state index contributed by atoms with van der Waals surface area (Å²) in [6.07, 6.45) is 4.78. The van der Waals surface area contributed by atoms with Gasteiger partial charge in [0.05, 0.1) is 5.56 Å². The van der Waals surface area contributed by atoms with E-state index in [9.17, 15) is 18.8 Å². The summed E-state index contributed by atoms with van der Waals surface area (Å²) in [7, 11) is 0.